The molecule has 1 rings (SSSR count). The first-order chi connectivity index (χ1) is 9.84. The summed E-state index contributed by atoms with van der Waals surface area (Å²) in [5.41, 5.74) is 5.14. The molecule has 1 aliphatic rings. The van der Waals surface area contributed by atoms with Gasteiger partial charge in [-0.1, -0.05) is 27.2 Å². The highest BCUT2D eigenvalue weighted by atomic mass is 35.5. The van der Waals surface area contributed by atoms with Gasteiger partial charge in [-0.05, 0) is 12.8 Å². The topological polar surface area (TPSA) is 84.7 Å². The second-order valence-electron chi connectivity index (χ2n) is 6.27. The van der Waals surface area contributed by atoms with Gasteiger partial charge in [0.05, 0.1) is 19.2 Å². The molecule has 0 aromatic carbocycles. The third-order valence-corrected chi connectivity index (χ3v) is 4.43. The Labute approximate surface area is 139 Å². The van der Waals surface area contributed by atoms with Gasteiger partial charge in [-0.15, -0.1) is 12.4 Å². The van der Waals surface area contributed by atoms with Crippen molar-refractivity contribution < 1.29 is 14.3 Å². The van der Waals surface area contributed by atoms with E-state index in [0.717, 1.165) is 25.9 Å². The van der Waals surface area contributed by atoms with E-state index in [4.69, 9.17) is 10.5 Å². The summed E-state index contributed by atoms with van der Waals surface area (Å²) in [7, 11) is 1.78. The molecule has 0 aliphatic heterocycles. The number of nitrogens with zero attached hydrogens (tertiary/aromatic N) is 1. The lowest BCUT2D eigenvalue weighted by Crippen LogP contribution is -2.63. The molecule has 0 saturated heterocycles. The zero-order valence-electron chi connectivity index (χ0n) is 14.1. The summed E-state index contributed by atoms with van der Waals surface area (Å²) < 4.78 is 5.89. The number of rotatable bonds is 8. The summed E-state index contributed by atoms with van der Waals surface area (Å²) in [5.74, 6) is -0.410. The average Bonchev–Trinajstić information content (AvgIpc) is 2.46. The maximum Gasteiger partial charge on any atom is 0.241 e. The second kappa shape index (κ2) is 9.33. The number of carbonyl (C=O) groups excluding carboxylic acids is 2. The molecule has 7 heteroatoms. The number of unbranched alkanes of at least 4 members (excludes halogenated alkanes) is 1. The van der Waals surface area contributed by atoms with Crippen molar-refractivity contribution >= 4 is 24.2 Å². The molecule has 130 valence electrons. The van der Waals surface area contributed by atoms with Crippen molar-refractivity contribution in [2.24, 2.45) is 11.1 Å². The van der Waals surface area contributed by atoms with Gasteiger partial charge in [-0.25, -0.2) is 0 Å². The number of hydrogen-bond donors (Lipinski definition) is 2. The van der Waals surface area contributed by atoms with Crippen molar-refractivity contribution in [3.8, 4) is 0 Å². The number of hydrogen-bond acceptors (Lipinski definition) is 4. The Hall–Kier alpha value is -0.850. The van der Waals surface area contributed by atoms with E-state index in [1.165, 1.54) is 0 Å². The molecule has 1 saturated carbocycles. The van der Waals surface area contributed by atoms with Gasteiger partial charge in [-0.2, -0.15) is 0 Å². The summed E-state index contributed by atoms with van der Waals surface area (Å²) in [5, 5.41) is 2.51. The van der Waals surface area contributed by atoms with Crippen molar-refractivity contribution in [1.29, 1.82) is 0 Å². The molecule has 6 nitrogen and oxygen atoms in total. The summed E-state index contributed by atoms with van der Waals surface area (Å²) in [6, 6.07) is 0.145. The molecular formula is C15H30ClN3O3. The maximum atomic E-state index is 12.1. The number of carbonyl (C=O) groups is 2. The largest absolute Gasteiger partial charge is 0.378 e. The summed E-state index contributed by atoms with van der Waals surface area (Å²) in [6.07, 6.45) is 3.24. The first-order valence-electron chi connectivity index (χ1n) is 7.68. The van der Waals surface area contributed by atoms with Gasteiger partial charge in [0.15, 0.2) is 0 Å². The van der Waals surface area contributed by atoms with Crippen LogP contribution in [-0.4, -0.2) is 55.6 Å². The Balaban J connectivity index is 0.00000441. The van der Waals surface area contributed by atoms with Crippen molar-refractivity contribution in [3.05, 3.63) is 0 Å². The minimum atomic E-state index is -0.314. The van der Waals surface area contributed by atoms with Gasteiger partial charge in [0.25, 0.3) is 0 Å². The highest BCUT2D eigenvalue weighted by Crippen LogP contribution is 2.45. The fourth-order valence-electron chi connectivity index (χ4n) is 2.72. The lowest BCUT2D eigenvalue weighted by atomic mass is 9.64. The molecule has 0 radical (unpaired) electrons. The molecule has 0 bridgehead atoms. The van der Waals surface area contributed by atoms with E-state index < -0.39 is 0 Å². The van der Waals surface area contributed by atoms with Gasteiger partial charge in [0, 0.05) is 25.1 Å². The molecule has 1 fully saturated rings. The average molecular weight is 336 g/mol. The van der Waals surface area contributed by atoms with Gasteiger partial charge in [0.2, 0.25) is 11.8 Å². The Morgan fingerprint density at radius 2 is 2.05 bits per heavy atom. The molecular weight excluding hydrogens is 306 g/mol. The number of ether oxygens (including phenoxy) is 1. The van der Waals surface area contributed by atoms with Crippen LogP contribution in [-0.2, 0) is 14.3 Å². The first kappa shape index (κ1) is 21.1. The van der Waals surface area contributed by atoms with E-state index in [2.05, 4.69) is 26.1 Å². The molecule has 0 spiro atoms. The number of nitrogens with two attached hydrogens (primary N) is 1. The lowest BCUT2D eigenvalue weighted by Gasteiger charge is -2.55. The van der Waals surface area contributed by atoms with E-state index >= 15 is 0 Å². The van der Waals surface area contributed by atoms with Crippen molar-refractivity contribution in [1.82, 2.24) is 10.2 Å². The standard InChI is InChI=1S/C15H29N3O3.ClH/c1-5-6-7-21-12-8-11(15(12,2)3)18(4)14(20)10-17-13(19)9-16;/h11-12H,5-10,16H2,1-4H3,(H,17,19);1H. The van der Waals surface area contributed by atoms with Gasteiger partial charge < -0.3 is 20.7 Å². The monoisotopic (exact) mass is 335 g/mol. The van der Waals surface area contributed by atoms with Crippen molar-refractivity contribution in [2.45, 2.75) is 52.2 Å². The van der Waals surface area contributed by atoms with Crippen LogP contribution in [0.2, 0.25) is 0 Å². The Bertz CT molecular complexity index is 377. The highest BCUT2D eigenvalue weighted by Gasteiger charge is 2.51. The quantitative estimate of drug-likeness (QED) is 0.646. The van der Waals surface area contributed by atoms with Crippen LogP contribution in [0.4, 0.5) is 0 Å². The van der Waals surface area contributed by atoms with E-state index in [0.29, 0.717) is 0 Å². The number of halogens is 1. The van der Waals surface area contributed by atoms with Crippen LogP contribution in [0, 0.1) is 5.41 Å². The molecule has 1 aliphatic carbocycles. The minimum Gasteiger partial charge on any atom is -0.378 e. The van der Waals surface area contributed by atoms with E-state index in [1.54, 1.807) is 11.9 Å². The smallest absolute Gasteiger partial charge is 0.241 e. The fraction of sp³-hybridized carbons (Fsp3) is 0.867. The van der Waals surface area contributed by atoms with Crippen LogP contribution in [0.1, 0.15) is 40.0 Å². The van der Waals surface area contributed by atoms with Gasteiger partial charge in [-0.3, -0.25) is 9.59 Å². The van der Waals surface area contributed by atoms with Crippen LogP contribution in [0.15, 0.2) is 0 Å². The predicted octanol–water partition coefficient (Wildman–Crippen LogP) is 0.925. The third kappa shape index (κ3) is 5.11. The number of amides is 2. The molecule has 22 heavy (non-hydrogen) atoms. The lowest BCUT2D eigenvalue weighted by molar-refractivity contribution is -0.164. The van der Waals surface area contributed by atoms with Crippen LogP contribution < -0.4 is 11.1 Å². The SMILES string of the molecule is CCCCOC1CC(N(C)C(=O)CNC(=O)CN)C1(C)C.Cl. The zero-order valence-corrected chi connectivity index (χ0v) is 14.9. The van der Waals surface area contributed by atoms with Gasteiger partial charge in [0.1, 0.15) is 0 Å². The number of nitrogens with one attached hydrogen (secondary N) is 1. The Morgan fingerprint density at radius 3 is 2.55 bits per heavy atom. The predicted molar refractivity (Wildman–Crippen MR) is 88.9 cm³/mol. The highest BCUT2D eigenvalue weighted by molar-refractivity contribution is 5.86. The van der Waals surface area contributed by atoms with Gasteiger partial charge >= 0.3 is 0 Å². The van der Waals surface area contributed by atoms with E-state index in [1.807, 2.05) is 0 Å². The summed E-state index contributed by atoms with van der Waals surface area (Å²) in [4.78, 5) is 24.9. The van der Waals surface area contributed by atoms with Crippen LogP contribution in [0.3, 0.4) is 0 Å². The minimum absolute atomic E-state index is 0. The number of likely N-dealkylation sites (N-methyl/N-ethyl adjacent to an activating group) is 1. The first-order valence-corrected chi connectivity index (χ1v) is 7.68. The Kier molecular flexibility index (Phi) is 8.96. The van der Waals surface area contributed by atoms with E-state index in [-0.39, 0.29) is 54.9 Å². The fourth-order valence-corrected chi connectivity index (χ4v) is 2.72. The zero-order chi connectivity index (χ0) is 16.0. The molecule has 0 aromatic rings. The molecule has 2 unspecified atom stereocenters. The second-order valence-corrected chi connectivity index (χ2v) is 6.27. The van der Waals surface area contributed by atoms with E-state index in [9.17, 15) is 9.59 Å². The third-order valence-electron chi connectivity index (χ3n) is 4.43. The molecule has 0 heterocycles. The molecule has 2 atom stereocenters. The summed E-state index contributed by atoms with van der Waals surface area (Å²) in [6.45, 7) is 7.07. The summed E-state index contributed by atoms with van der Waals surface area (Å²) >= 11 is 0. The molecule has 0 aromatic heterocycles. The van der Waals surface area contributed by atoms with Crippen LogP contribution in [0.5, 0.6) is 0 Å². The van der Waals surface area contributed by atoms with Crippen molar-refractivity contribution in [3.63, 3.8) is 0 Å². The van der Waals surface area contributed by atoms with Crippen molar-refractivity contribution in [2.75, 3.05) is 26.7 Å². The Morgan fingerprint density at radius 1 is 1.41 bits per heavy atom. The maximum absolute atomic E-state index is 12.1. The van der Waals surface area contributed by atoms with Crippen LogP contribution >= 0.6 is 12.4 Å². The normalized spacial score (nSPS) is 22.2. The van der Waals surface area contributed by atoms with Crippen LogP contribution in [0.25, 0.3) is 0 Å². The molecule has 3 N–H and O–H groups in total. The molecule has 2 amide bonds.